The standard InChI is InChI=1S/C21H24FN3O2/c22-17-8-4-7-15(9-17)20-16(10-23-24-20)11-25-12-18(19(13-25)21(26)27)14-5-2-1-3-6-14/h1-9,16,18-20,23-24H,10-13H2,(H,26,27)/t16?,18-,19+,20?/m0/s1. The van der Waals surface area contributed by atoms with Crippen LogP contribution in [0, 0.1) is 17.7 Å². The zero-order valence-electron chi connectivity index (χ0n) is 15.0. The summed E-state index contributed by atoms with van der Waals surface area (Å²) in [6.45, 7) is 2.81. The molecule has 27 heavy (non-hydrogen) atoms. The summed E-state index contributed by atoms with van der Waals surface area (Å²) in [5.41, 5.74) is 8.41. The van der Waals surface area contributed by atoms with Crippen LogP contribution in [0.1, 0.15) is 23.1 Å². The second-order valence-corrected chi connectivity index (χ2v) is 7.50. The third-order valence-electron chi connectivity index (χ3n) is 5.73. The molecule has 2 aliphatic heterocycles. The first-order valence-electron chi connectivity index (χ1n) is 9.36. The average molecular weight is 369 g/mol. The number of halogens is 1. The Hall–Kier alpha value is -2.28. The summed E-state index contributed by atoms with van der Waals surface area (Å²) in [6.07, 6.45) is 0. The smallest absolute Gasteiger partial charge is 0.308 e. The van der Waals surface area contributed by atoms with Gasteiger partial charge in [-0.05, 0) is 23.3 Å². The van der Waals surface area contributed by atoms with Gasteiger partial charge in [-0.1, -0.05) is 42.5 Å². The van der Waals surface area contributed by atoms with Crippen LogP contribution in [0.5, 0.6) is 0 Å². The van der Waals surface area contributed by atoms with Gasteiger partial charge in [0, 0.05) is 38.0 Å². The Morgan fingerprint density at radius 3 is 2.63 bits per heavy atom. The summed E-state index contributed by atoms with van der Waals surface area (Å²) in [7, 11) is 0. The van der Waals surface area contributed by atoms with Crippen LogP contribution in [0.15, 0.2) is 54.6 Å². The highest BCUT2D eigenvalue weighted by molar-refractivity contribution is 5.72. The lowest BCUT2D eigenvalue weighted by Gasteiger charge is -2.24. The van der Waals surface area contributed by atoms with Gasteiger partial charge in [-0.25, -0.2) is 9.82 Å². The highest BCUT2D eigenvalue weighted by atomic mass is 19.1. The van der Waals surface area contributed by atoms with Crippen molar-refractivity contribution < 1.29 is 14.3 Å². The van der Waals surface area contributed by atoms with Gasteiger partial charge in [-0.15, -0.1) is 0 Å². The molecule has 0 aromatic heterocycles. The third-order valence-corrected chi connectivity index (χ3v) is 5.73. The molecule has 0 saturated carbocycles. The van der Waals surface area contributed by atoms with Crippen molar-refractivity contribution in [1.82, 2.24) is 15.8 Å². The van der Waals surface area contributed by atoms with Gasteiger partial charge >= 0.3 is 5.97 Å². The molecule has 4 atom stereocenters. The molecule has 4 rings (SSSR count). The number of hydrogen-bond acceptors (Lipinski definition) is 4. The zero-order chi connectivity index (χ0) is 18.8. The van der Waals surface area contributed by atoms with E-state index in [1.807, 2.05) is 36.4 Å². The van der Waals surface area contributed by atoms with Gasteiger partial charge in [0.1, 0.15) is 5.82 Å². The van der Waals surface area contributed by atoms with Crippen molar-refractivity contribution in [2.24, 2.45) is 11.8 Å². The molecule has 0 spiro atoms. The average Bonchev–Trinajstić information content (AvgIpc) is 3.30. The Kier molecular flexibility index (Phi) is 5.20. The molecular formula is C21H24FN3O2. The SMILES string of the molecule is O=C(O)[C@@H]1CN(CC2CNNC2c2cccc(F)c2)C[C@H]1c1ccccc1. The molecule has 0 radical (unpaired) electrons. The molecule has 2 saturated heterocycles. The number of carbonyl (C=O) groups is 1. The van der Waals surface area contributed by atoms with Crippen molar-refractivity contribution in [3.05, 3.63) is 71.5 Å². The number of hydrazine groups is 1. The molecule has 142 valence electrons. The molecule has 2 fully saturated rings. The van der Waals surface area contributed by atoms with Gasteiger partial charge in [0.2, 0.25) is 0 Å². The van der Waals surface area contributed by atoms with E-state index in [-0.39, 0.29) is 23.7 Å². The summed E-state index contributed by atoms with van der Waals surface area (Å²) in [5.74, 6) is -1.14. The predicted octanol–water partition coefficient (Wildman–Crippen LogP) is 2.39. The first-order valence-corrected chi connectivity index (χ1v) is 9.36. The molecule has 3 N–H and O–H groups in total. The number of likely N-dealkylation sites (tertiary alicyclic amines) is 1. The number of nitrogens with one attached hydrogen (secondary N) is 2. The number of carboxylic acids is 1. The fourth-order valence-corrected chi connectivity index (χ4v) is 4.42. The molecule has 2 heterocycles. The lowest BCUT2D eigenvalue weighted by Crippen LogP contribution is -2.32. The largest absolute Gasteiger partial charge is 0.481 e. The van der Waals surface area contributed by atoms with Crippen LogP contribution in [-0.2, 0) is 4.79 Å². The second kappa shape index (κ2) is 7.76. The van der Waals surface area contributed by atoms with E-state index in [4.69, 9.17) is 0 Å². The summed E-state index contributed by atoms with van der Waals surface area (Å²) in [6, 6.07) is 16.6. The summed E-state index contributed by atoms with van der Waals surface area (Å²) < 4.78 is 13.6. The summed E-state index contributed by atoms with van der Waals surface area (Å²) in [5, 5.41) is 9.69. The van der Waals surface area contributed by atoms with Crippen molar-refractivity contribution in [2.45, 2.75) is 12.0 Å². The normalized spacial score (nSPS) is 28.5. The Morgan fingerprint density at radius 2 is 1.89 bits per heavy atom. The lowest BCUT2D eigenvalue weighted by atomic mass is 9.89. The van der Waals surface area contributed by atoms with Crippen molar-refractivity contribution in [2.75, 3.05) is 26.2 Å². The van der Waals surface area contributed by atoms with E-state index in [2.05, 4.69) is 15.8 Å². The van der Waals surface area contributed by atoms with Crippen molar-refractivity contribution in [3.8, 4) is 0 Å². The monoisotopic (exact) mass is 369 g/mol. The van der Waals surface area contributed by atoms with Gasteiger partial charge in [0.15, 0.2) is 0 Å². The maximum absolute atomic E-state index is 13.6. The van der Waals surface area contributed by atoms with Crippen LogP contribution in [0.4, 0.5) is 4.39 Å². The van der Waals surface area contributed by atoms with Crippen LogP contribution in [0.2, 0.25) is 0 Å². The van der Waals surface area contributed by atoms with E-state index in [0.29, 0.717) is 6.54 Å². The maximum atomic E-state index is 13.6. The summed E-state index contributed by atoms with van der Waals surface area (Å²) >= 11 is 0. The quantitative estimate of drug-likeness (QED) is 0.755. The molecule has 0 aliphatic carbocycles. The lowest BCUT2D eigenvalue weighted by molar-refractivity contribution is -0.141. The maximum Gasteiger partial charge on any atom is 0.308 e. The highest BCUT2D eigenvalue weighted by Crippen LogP contribution is 2.35. The Bertz CT molecular complexity index is 801. The number of benzene rings is 2. The zero-order valence-corrected chi connectivity index (χ0v) is 15.0. The van der Waals surface area contributed by atoms with E-state index in [1.54, 1.807) is 12.1 Å². The van der Waals surface area contributed by atoms with Crippen molar-refractivity contribution in [1.29, 1.82) is 0 Å². The minimum absolute atomic E-state index is 0.00126. The van der Waals surface area contributed by atoms with E-state index in [1.165, 1.54) is 6.07 Å². The molecule has 0 bridgehead atoms. The predicted molar refractivity (Wildman–Crippen MR) is 101 cm³/mol. The van der Waals surface area contributed by atoms with E-state index in [9.17, 15) is 14.3 Å². The van der Waals surface area contributed by atoms with Crippen LogP contribution >= 0.6 is 0 Å². The molecule has 2 unspecified atom stereocenters. The molecule has 0 amide bonds. The number of nitrogens with zero attached hydrogens (tertiary/aromatic N) is 1. The highest BCUT2D eigenvalue weighted by Gasteiger charge is 2.40. The topological polar surface area (TPSA) is 64.6 Å². The Labute approximate surface area is 158 Å². The third kappa shape index (κ3) is 3.88. The number of carboxylic acid groups (broad SMARTS) is 1. The molecular weight excluding hydrogens is 345 g/mol. The van der Waals surface area contributed by atoms with Crippen LogP contribution in [-0.4, -0.2) is 42.2 Å². The van der Waals surface area contributed by atoms with Gasteiger partial charge in [0.25, 0.3) is 0 Å². The van der Waals surface area contributed by atoms with Crippen LogP contribution < -0.4 is 10.9 Å². The van der Waals surface area contributed by atoms with E-state index < -0.39 is 11.9 Å². The van der Waals surface area contributed by atoms with E-state index >= 15 is 0 Å². The Balaban J connectivity index is 1.48. The van der Waals surface area contributed by atoms with Gasteiger partial charge in [0.05, 0.1) is 12.0 Å². The number of rotatable bonds is 5. The fourth-order valence-electron chi connectivity index (χ4n) is 4.42. The van der Waals surface area contributed by atoms with Gasteiger partial charge < -0.3 is 10.0 Å². The van der Waals surface area contributed by atoms with Gasteiger partial charge in [-0.2, -0.15) is 0 Å². The minimum Gasteiger partial charge on any atom is -0.481 e. The van der Waals surface area contributed by atoms with Crippen molar-refractivity contribution in [3.63, 3.8) is 0 Å². The second-order valence-electron chi connectivity index (χ2n) is 7.50. The number of aliphatic carboxylic acids is 1. The van der Waals surface area contributed by atoms with Crippen LogP contribution in [0.3, 0.4) is 0 Å². The van der Waals surface area contributed by atoms with Gasteiger partial charge in [-0.3, -0.25) is 10.2 Å². The van der Waals surface area contributed by atoms with Crippen LogP contribution in [0.25, 0.3) is 0 Å². The molecule has 5 nitrogen and oxygen atoms in total. The molecule has 2 aliphatic rings. The molecule has 2 aromatic rings. The minimum atomic E-state index is -0.740. The molecule has 2 aromatic carbocycles. The molecule has 6 heteroatoms. The van der Waals surface area contributed by atoms with Crippen molar-refractivity contribution >= 4 is 5.97 Å². The first kappa shape index (κ1) is 18.1. The Morgan fingerprint density at radius 1 is 1.11 bits per heavy atom. The van der Waals surface area contributed by atoms with E-state index in [0.717, 1.165) is 30.8 Å². The first-order chi connectivity index (χ1) is 13.1. The fraction of sp³-hybridized carbons (Fsp3) is 0.381. The number of hydrogen-bond donors (Lipinski definition) is 3. The summed E-state index contributed by atoms with van der Waals surface area (Å²) in [4.78, 5) is 14.0.